The molecule has 2 aromatic carbocycles. The summed E-state index contributed by atoms with van der Waals surface area (Å²) < 4.78 is 87.3. The van der Waals surface area contributed by atoms with E-state index in [2.05, 4.69) is 149 Å². The topological polar surface area (TPSA) is 71.1 Å². The summed E-state index contributed by atoms with van der Waals surface area (Å²) in [7, 11) is -13.4. The second-order valence-corrected chi connectivity index (χ2v) is 43.7. The van der Waals surface area contributed by atoms with Crippen LogP contribution in [0, 0.1) is 18.8 Å². The van der Waals surface area contributed by atoms with Gasteiger partial charge in [-0.25, -0.2) is 0 Å². The van der Waals surface area contributed by atoms with Crippen molar-refractivity contribution >= 4 is 56.8 Å². The summed E-state index contributed by atoms with van der Waals surface area (Å²) in [5.41, 5.74) is 3.79. The second kappa shape index (κ2) is 28.3. The van der Waals surface area contributed by atoms with Crippen LogP contribution < -0.4 is 17.5 Å². The first-order valence-electron chi connectivity index (χ1n) is 25.0. The summed E-state index contributed by atoms with van der Waals surface area (Å²) in [5, 5.41) is 0. The minimum absolute atomic E-state index is 0.0581. The van der Waals surface area contributed by atoms with Crippen LogP contribution in [-0.4, -0.2) is 47.0 Å². The zero-order chi connectivity index (χ0) is 54.4. The third kappa shape index (κ3) is 22.8. The first kappa shape index (κ1) is 66.3. The van der Waals surface area contributed by atoms with Crippen molar-refractivity contribution in [1.82, 2.24) is 0 Å². The van der Waals surface area contributed by atoms with Crippen LogP contribution >= 0.6 is 13.6 Å². The molecule has 6 nitrogen and oxygen atoms in total. The molecule has 0 aromatic heterocycles. The number of alkyl halides is 3. The van der Waals surface area contributed by atoms with Crippen molar-refractivity contribution in [2.24, 2.45) is 11.8 Å². The molecule has 0 saturated heterocycles. The predicted octanol–water partition coefficient (Wildman–Crippen LogP) is 18.5. The van der Waals surface area contributed by atoms with Gasteiger partial charge in [0, 0.05) is 37.1 Å². The molecule has 0 unspecified atom stereocenters. The van der Waals surface area contributed by atoms with Gasteiger partial charge in [0.15, 0.2) is 0 Å². The summed E-state index contributed by atoms with van der Waals surface area (Å²) in [6.07, 6.45) is 14.6. The molecular formula is C54H90BrF3O6SSi4Zn. The van der Waals surface area contributed by atoms with Crippen LogP contribution in [0.3, 0.4) is 0 Å². The zero-order valence-electron chi connectivity index (χ0n) is 46.5. The van der Waals surface area contributed by atoms with Gasteiger partial charge in [-0.3, -0.25) is 0 Å². The van der Waals surface area contributed by atoms with E-state index in [-0.39, 0.29) is 23.5 Å². The fourth-order valence-electron chi connectivity index (χ4n) is 8.74. The number of aryl methyl sites for hydroxylation is 1. The zero-order valence-corrected chi connectivity index (χ0v) is 55.9. The average molecular weight is 1180 g/mol. The fraction of sp³-hybridized carbons (Fsp3) is 0.611. The van der Waals surface area contributed by atoms with Gasteiger partial charge >= 0.3 is 45.6 Å². The molecule has 4 rings (SSSR count). The van der Waals surface area contributed by atoms with Gasteiger partial charge < -0.3 is 24.4 Å². The Morgan fingerprint density at radius 2 is 1.10 bits per heavy atom. The number of unbranched alkanes of at least 4 members (excludes halogenated alkanes) is 2. The average Bonchev–Trinajstić information content (AvgIpc) is 3.16. The van der Waals surface area contributed by atoms with Gasteiger partial charge in [0.05, 0.1) is 0 Å². The number of benzene rings is 2. The molecule has 0 heterocycles. The first-order chi connectivity index (χ1) is 31.9. The van der Waals surface area contributed by atoms with Gasteiger partial charge in [-0.2, -0.15) is 28.0 Å². The van der Waals surface area contributed by atoms with Gasteiger partial charge in [-0.05, 0) is 172 Å². The van der Waals surface area contributed by atoms with E-state index in [0.29, 0.717) is 17.7 Å². The maximum atomic E-state index is 13.1. The molecule has 4 atom stereocenters. The molecule has 0 fully saturated rings. The molecule has 2 aliphatic rings. The first-order valence-corrected chi connectivity index (χ1v) is 47.3. The van der Waals surface area contributed by atoms with E-state index in [4.69, 9.17) is 13.3 Å². The molecule has 0 bridgehead atoms. The molecular weight excluding hydrogens is 1090 g/mol. The third-order valence-corrected chi connectivity index (χ3v) is 16.2. The van der Waals surface area contributed by atoms with Crippen molar-refractivity contribution in [3.8, 4) is 23.0 Å². The van der Waals surface area contributed by atoms with Crippen LogP contribution in [0.4, 0.5) is 13.2 Å². The van der Waals surface area contributed by atoms with Crippen molar-refractivity contribution in [3.63, 3.8) is 0 Å². The van der Waals surface area contributed by atoms with Crippen molar-refractivity contribution in [3.05, 3.63) is 101 Å². The normalized spacial score (nSPS) is 18.8. The molecule has 16 heteroatoms. The second-order valence-electron chi connectivity index (χ2n) is 23.4. The maximum absolute atomic E-state index is 13.1. The molecule has 0 N–H and O–H groups in total. The van der Waals surface area contributed by atoms with Gasteiger partial charge in [0.2, 0.25) is 25.0 Å². The number of halogens is 4. The van der Waals surface area contributed by atoms with Crippen LogP contribution in [0.25, 0.3) is 0 Å². The van der Waals surface area contributed by atoms with E-state index in [1.165, 1.54) is 75.6 Å². The van der Waals surface area contributed by atoms with E-state index < -0.39 is 48.7 Å². The van der Waals surface area contributed by atoms with Crippen LogP contribution in [-0.2, 0) is 38.9 Å². The summed E-state index contributed by atoms with van der Waals surface area (Å²) in [5.74, 6) is 2.95. The number of hydrogen-bond donors (Lipinski definition) is 0. The minimum atomic E-state index is -5.80. The number of hydrogen-bond acceptors (Lipinski definition) is 6. The summed E-state index contributed by atoms with van der Waals surface area (Å²) >= 11 is 4.25. The van der Waals surface area contributed by atoms with Gasteiger partial charge in [0.1, 0.15) is 23.0 Å². The Labute approximate surface area is 446 Å². The molecule has 0 spiro atoms. The van der Waals surface area contributed by atoms with Gasteiger partial charge in [0.25, 0.3) is 0 Å². The van der Waals surface area contributed by atoms with Crippen LogP contribution in [0.2, 0.25) is 78.6 Å². The van der Waals surface area contributed by atoms with Crippen LogP contribution in [0.15, 0.2) is 71.9 Å². The molecule has 0 saturated carbocycles. The van der Waals surface area contributed by atoms with E-state index >= 15 is 0 Å². The van der Waals surface area contributed by atoms with Crippen LogP contribution in [0.1, 0.15) is 127 Å². The van der Waals surface area contributed by atoms with Gasteiger partial charge in [-0.15, -0.1) is 0 Å². The molecule has 2 aliphatic carbocycles. The molecule has 2 aromatic rings. The van der Waals surface area contributed by atoms with Crippen LogP contribution in [0.5, 0.6) is 23.0 Å². The number of allylic oxidation sites excluding steroid dienone is 6. The van der Waals surface area contributed by atoms with Crippen molar-refractivity contribution in [2.75, 3.05) is 0 Å². The van der Waals surface area contributed by atoms with E-state index in [1.54, 1.807) is 0 Å². The predicted molar refractivity (Wildman–Crippen MR) is 303 cm³/mol. The van der Waals surface area contributed by atoms with Crippen molar-refractivity contribution in [1.29, 1.82) is 0 Å². The van der Waals surface area contributed by atoms with Crippen molar-refractivity contribution in [2.45, 2.75) is 201 Å². The fourth-order valence-corrected chi connectivity index (χ4v) is 13.1. The molecule has 70 heavy (non-hydrogen) atoms. The Hall–Kier alpha value is -1.69. The Kier molecular flexibility index (Phi) is 26.8. The Balaban J connectivity index is 0.000000643. The molecule has 0 radical (unpaired) electrons. The number of rotatable bonds is 18. The third-order valence-electron chi connectivity index (χ3n) is 11.3. The molecule has 0 amide bonds. The standard InChI is InChI=1S/C27H46O2Si2.C24H37F3O4SSi2.C3H7.BrH.Zn/c1-11-12-13-14-22-18-25(28-30(5,6)7)27(26(19-22)29-31(8,9)10)24-17-21(4)15-16-23(24)20(2)3;1-16(2)20-11-10-17(3)12-21(20)23-18(15-33(4,5)6)13-19(14-22(23)31-34(7,8)9)30-32(28,29)24(25,26)27;1-3-2;;/h17-19,23-24H,2,11-16H2,1,3-10H3;12-14,20-21H,1,10-11,15H2,2-9H3;1,3H2,2H3;1H;/q;;-1;;+2/p-1/t23-,24+;20-,21+;;;/m00.../s1. The van der Waals surface area contributed by atoms with Crippen molar-refractivity contribution < 1.29 is 55.4 Å². The van der Waals surface area contributed by atoms with E-state index in [9.17, 15) is 21.6 Å². The summed E-state index contributed by atoms with van der Waals surface area (Å²) in [6.45, 7) is 50.9. The Morgan fingerprint density at radius 1 is 0.714 bits per heavy atom. The SMILES string of the molecule is C=C(C)[C@@H]1CCC(C)=C[C@H]1c1c(C[Si](C)(C)C)cc(OS(=O)(=O)C(F)(F)F)cc1O[Si](C)(C)C.C=C(C)[C@@H]1CCC(C)=C[C@H]1c1c(O[Si](C)(C)C)cc(CCCCC)cc1O[Si](C)(C)C.[CH2-]CC.[Zn+][Br]. The van der Waals surface area contributed by atoms with E-state index in [0.717, 1.165) is 66.7 Å². The molecule has 394 valence electrons. The van der Waals surface area contributed by atoms with Gasteiger partial charge in [-0.1, -0.05) is 93.9 Å². The molecule has 0 aliphatic heterocycles. The Morgan fingerprint density at radius 3 is 1.44 bits per heavy atom. The summed E-state index contributed by atoms with van der Waals surface area (Å²) in [4.78, 5) is 0. The quantitative estimate of drug-likeness (QED) is 0.0370. The summed E-state index contributed by atoms with van der Waals surface area (Å²) in [6, 6.07) is 8.07. The monoisotopic (exact) mass is 1180 g/mol. The Bertz CT molecular complexity index is 2130. The van der Waals surface area contributed by atoms with E-state index in [1.807, 2.05) is 33.5 Å².